The van der Waals surface area contributed by atoms with E-state index in [1.165, 1.54) is 12.1 Å². The van der Waals surface area contributed by atoms with Gasteiger partial charge in [0.1, 0.15) is 5.69 Å². The smallest absolute Gasteiger partial charge is 0.335 e. The van der Waals surface area contributed by atoms with E-state index < -0.39 is 5.97 Å². The highest BCUT2D eigenvalue weighted by atomic mass is 35.5. The van der Waals surface area contributed by atoms with Gasteiger partial charge in [0.25, 0.3) is 5.91 Å². The molecule has 0 atom stereocenters. The quantitative estimate of drug-likeness (QED) is 0.617. The van der Waals surface area contributed by atoms with Crippen molar-refractivity contribution in [3.63, 3.8) is 0 Å². The fourth-order valence-electron chi connectivity index (χ4n) is 2.87. The zero-order valence-electron chi connectivity index (χ0n) is 15.5. The SMILES string of the molecule is Cc1cc(C(=O)NN(C)c2ccc(C(=O)O)cc2)n(Cc2ccc(Cl)cc2)c1. The van der Waals surface area contributed by atoms with Gasteiger partial charge in [-0.2, -0.15) is 0 Å². The highest BCUT2D eigenvalue weighted by Gasteiger charge is 2.15. The number of amides is 1. The van der Waals surface area contributed by atoms with Gasteiger partial charge in [0.15, 0.2) is 0 Å². The molecule has 6 nitrogen and oxygen atoms in total. The first-order chi connectivity index (χ1) is 13.3. The molecule has 0 aliphatic heterocycles. The van der Waals surface area contributed by atoms with Crippen LogP contribution in [0, 0.1) is 6.92 Å². The summed E-state index contributed by atoms with van der Waals surface area (Å²) >= 11 is 5.93. The van der Waals surface area contributed by atoms with Gasteiger partial charge in [-0.15, -0.1) is 0 Å². The summed E-state index contributed by atoms with van der Waals surface area (Å²) in [5, 5.41) is 11.2. The summed E-state index contributed by atoms with van der Waals surface area (Å²) in [6, 6.07) is 15.6. The predicted octanol–water partition coefficient (Wildman–Crippen LogP) is 3.98. The van der Waals surface area contributed by atoms with Crippen molar-refractivity contribution in [3.05, 3.63) is 88.2 Å². The van der Waals surface area contributed by atoms with Crippen molar-refractivity contribution in [2.24, 2.45) is 0 Å². The molecule has 0 bridgehead atoms. The van der Waals surface area contributed by atoms with Crippen molar-refractivity contribution in [1.82, 2.24) is 9.99 Å². The van der Waals surface area contributed by atoms with Crippen LogP contribution in [0.5, 0.6) is 0 Å². The number of halogens is 1. The molecular formula is C21H20ClN3O3. The van der Waals surface area contributed by atoms with Crippen LogP contribution in [0.3, 0.4) is 0 Å². The number of hydrogen-bond acceptors (Lipinski definition) is 3. The minimum absolute atomic E-state index is 0.191. The Labute approximate surface area is 167 Å². The van der Waals surface area contributed by atoms with Crippen molar-refractivity contribution >= 4 is 29.2 Å². The van der Waals surface area contributed by atoms with E-state index in [0.29, 0.717) is 22.9 Å². The zero-order chi connectivity index (χ0) is 20.3. The van der Waals surface area contributed by atoms with Crippen molar-refractivity contribution in [3.8, 4) is 0 Å². The summed E-state index contributed by atoms with van der Waals surface area (Å²) in [5.41, 5.74) is 6.22. The van der Waals surface area contributed by atoms with Gasteiger partial charge in [-0.25, -0.2) is 4.79 Å². The highest BCUT2D eigenvalue weighted by Crippen LogP contribution is 2.16. The number of benzene rings is 2. The number of carbonyl (C=O) groups excluding carboxylic acids is 1. The number of hydrogen-bond donors (Lipinski definition) is 2. The first kappa shape index (κ1) is 19.5. The second kappa shape index (κ2) is 8.19. The number of aromatic carboxylic acids is 1. The lowest BCUT2D eigenvalue weighted by Gasteiger charge is -2.21. The molecular weight excluding hydrogens is 378 g/mol. The average molecular weight is 398 g/mol. The molecule has 3 aromatic rings. The number of anilines is 1. The van der Waals surface area contributed by atoms with Gasteiger partial charge in [0.05, 0.1) is 11.3 Å². The molecule has 0 saturated heterocycles. The van der Waals surface area contributed by atoms with E-state index in [-0.39, 0.29) is 11.5 Å². The predicted molar refractivity (Wildman–Crippen MR) is 109 cm³/mol. The second-order valence-corrected chi connectivity index (χ2v) is 6.95. The molecule has 0 unspecified atom stereocenters. The molecule has 0 saturated carbocycles. The van der Waals surface area contributed by atoms with Crippen molar-refractivity contribution in [2.75, 3.05) is 12.1 Å². The van der Waals surface area contributed by atoms with Gasteiger partial charge in [-0.05, 0) is 60.5 Å². The van der Waals surface area contributed by atoms with E-state index in [2.05, 4.69) is 5.43 Å². The molecule has 0 aliphatic rings. The third kappa shape index (κ3) is 4.53. The minimum atomic E-state index is -0.992. The number of nitrogens with zero attached hydrogens (tertiary/aromatic N) is 2. The minimum Gasteiger partial charge on any atom is -0.478 e. The number of carbonyl (C=O) groups is 2. The Bertz CT molecular complexity index is 995. The van der Waals surface area contributed by atoms with Gasteiger partial charge in [0.2, 0.25) is 0 Å². The Morgan fingerprint density at radius 2 is 1.75 bits per heavy atom. The maximum absolute atomic E-state index is 12.8. The number of hydrazine groups is 1. The second-order valence-electron chi connectivity index (χ2n) is 6.51. The van der Waals surface area contributed by atoms with Crippen LogP contribution in [-0.4, -0.2) is 28.6 Å². The lowest BCUT2D eigenvalue weighted by Crippen LogP contribution is -2.40. The number of carboxylic acid groups (broad SMARTS) is 1. The molecule has 1 amide bonds. The van der Waals surface area contributed by atoms with Crippen molar-refractivity contribution < 1.29 is 14.7 Å². The topological polar surface area (TPSA) is 74.6 Å². The molecule has 28 heavy (non-hydrogen) atoms. The van der Waals surface area contributed by atoms with Crippen molar-refractivity contribution in [2.45, 2.75) is 13.5 Å². The molecule has 0 spiro atoms. The lowest BCUT2D eigenvalue weighted by molar-refractivity contribution is 0.0696. The highest BCUT2D eigenvalue weighted by molar-refractivity contribution is 6.30. The fraction of sp³-hybridized carbons (Fsp3) is 0.143. The van der Waals surface area contributed by atoms with Crippen LogP contribution in [0.1, 0.15) is 32.0 Å². The van der Waals surface area contributed by atoms with Gasteiger partial charge < -0.3 is 9.67 Å². The van der Waals surface area contributed by atoms with E-state index in [4.69, 9.17) is 16.7 Å². The maximum atomic E-state index is 12.8. The molecule has 0 aliphatic carbocycles. The summed E-state index contributed by atoms with van der Waals surface area (Å²) in [4.78, 5) is 23.8. The van der Waals surface area contributed by atoms with E-state index in [0.717, 1.165) is 11.1 Å². The third-order valence-corrected chi connectivity index (χ3v) is 4.55. The van der Waals surface area contributed by atoms with E-state index in [1.54, 1.807) is 24.2 Å². The Morgan fingerprint density at radius 3 is 2.36 bits per heavy atom. The van der Waals surface area contributed by atoms with Crippen LogP contribution in [0.2, 0.25) is 5.02 Å². The standard InChI is InChI=1S/C21H20ClN3O3/c1-14-11-19(25(12-14)13-15-3-7-17(22)8-4-15)20(26)23-24(2)18-9-5-16(6-10-18)21(27)28/h3-12H,13H2,1-2H3,(H,23,26)(H,27,28). The molecule has 1 aromatic heterocycles. The number of aromatic nitrogens is 1. The van der Waals surface area contributed by atoms with Gasteiger partial charge >= 0.3 is 5.97 Å². The maximum Gasteiger partial charge on any atom is 0.335 e. The van der Waals surface area contributed by atoms with Crippen LogP contribution in [0.15, 0.2) is 60.8 Å². The molecule has 144 valence electrons. The van der Waals surface area contributed by atoms with Gasteiger partial charge in [-0.3, -0.25) is 15.2 Å². The third-order valence-electron chi connectivity index (χ3n) is 4.30. The van der Waals surface area contributed by atoms with Crippen LogP contribution in [-0.2, 0) is 6.54 Å². The summed E-state index contributed by atoms with van der Waals surface area (Å²) in [6.45, 7) is 2.48. The molecule has 0 radical (unpaired) electrons. The molecule has 0 fully saturated rings. The molecule has 3 rings (SSSR count). The summed E-state index contributed by atoms with van der Waals surface area (Å²) in [6.07, 6.45) is 1.92. The molecule has 1 heterocycles. The normalized spacial score (nSPS) is 10.5. The zero-order valence-corrected chi connectivity index (χ0v) is 16.3. The van der Waals surface area contributed by atoms with Crippen LogP contribution in [0.4, 0.5) is 5.69 Å². The monoisotopic (exact) mass is 397 g/mol. The number of carboxylic acids is 1. The number of rotatable bonds is 6. The Balaban J connectivity index is 1.75. The Kier molecular flexibility index (Phi) is 5.70. The number of aryl methyl sites for hydroxylation is 1. The van der Waals surface area contributed by atoms with E-state index in [9.17, 15) is 9.59 Å². The van der Waals surface area contributed by atoms with Gasteiger partial charge in [-0.1, -0.05) is 23.7 Å². The first-order valence-electron chi connectivity index (χ1n) is 8.63. The van der Waals surface area contributed by atoms with E-state index >= 15 is 0 Å². The van der Waals surface area contributed by atoms with Crippen LogP contribution >= 0.6 is 11.6 Å². The molecule has 7 heteroatoms. The first-order valence-corrected chi connectivity index (χ1v) is 9.00. The van der Waals surface area contributed by atoms with E-state index in [1.807, 2.05) is 48.0 Å². The molecule has 2 aromatic carbocycles. The van der Waals surface area contributed by atoms with Crippen LogP contribution in [0.25, 0.3) is 0 Å². The van der Waals surface area contributed by atoms with Crippen molar-refractivity contribution in [1.29, 1.82) is 0 Å². The van der Waals surface area contributed by atoms with Crippen LogP contribution < -0.4 is 10.4 Å². The number of nitrogens with one attached hydrogen (secondary N) is 1. The summed E-state index contributed by atoms with van der Waals surface area (Å²) in [7, 11) is 1.70. The summed E-state index contributed by atoms with van der Waals surface area (Å²) in [5.74, 6) is -1.25. The fourth-order valence-corrected chi connectivity index (χ4v) is 2.99. The largest absolute Gasteiger partial charge is 0.478 e. The lowest BCUT2D eigenvalue weighted by atomic mass is 10.2. The van der Waals surface area contributed by atoms with Gasteiger partial charge in [0, 0.05) is 24.8 Å². The summed E-state index contributed by atoms with van der Waals surface area (Å²) < 4.78 is 1.88. The average Bonchev–Trinajstić information content (AvgIpc) is 3.04. The Morgan fingerprint density at radius 1 is 1.11 bits per heavy atom. The Hall–Kier alpha value is -3.25. The molecule has 2 N–H and O–H groups in total.